The van der Waals surface area contributed by atoms with Crippen LogP contribution in [0.5, 0.6) is 11.5 Å². The Morgan fingerprint density at radius 2 is 1.90 bits per heavy atom. The quantitative estimate of drug-likeness (QED) is 0.207. The van der Waals surface area contributed by atoms with E-state index in [2.05, 4.69) is 49.0 Å². The topological polar surface area (TPSA) is 73.1 Å². The maximum absolute atomic E-state index is 12.4. The number of ether oxygens (including phenoxy) is 2. The molecule has 0 spiro atoms. The molecule has 0 radical (unpaired) electrons. The van der Waals surface area contributed by atoms with Crippen LogP contribution in [0.1, 0.15) is 30.0 Å². The average molecular weight is 592 g/mol. The molecule has 0 saturated heterocycles. The van der Waals surface area contributed by atoms with Crippen LogP contribution in [0.4, 0.5) is 0 Å². The van der Waals surface area contributed by atoms with Crippen molar-refractivity contribution >= 4 is 73.2 Å². The predicted molar refractivity (Wildman–Crippen MR) is 125 cm³/mol. The number of hydrogen-bond acceptors (Lipinski definition) is 5. The Morgan fingerprint density at radius 1 is 1.21 bits per heavy atom. The van der Waals surface area contributed by atoms with Gasteiger partial charge in [0.25, 0.3) is 0 Å². The lowest BCUT2D eigenvalue weighted by molar-refractivity contribution is 0.0929. The lowest BCUT2D eigenvalue weighted by Gasteiger charge is -2.12. The minimum absolute atomic E-state index is 0.168. The highest BCUT2D eigenvalue weighted by atomic mass is 127. The largest absolute Gasteiger partial charge is 0.490 e. The molecule has 0 aliphatic heterocycles. The van der Waals surface area contributed by atoms with Gasteiger partial charge in [-0.05, 0) is 60.7 Å². The van der Waals surface area contributed by atoms with Crippen LogP contribution in [0.15, 0.2) is 44.3 Å². The van der Waals surface area contributed by atoms with E-state index in [0.29, 0.717) is 40.9 Å². The number of halogens is 3. The molecule has 0 fully saturated rings. The molecule has 0 aliphatic rings. The summed E-state index contributed by atoms with van der Waals surface area (Å²) in [5.41, 5.74) is 3.69. The summed E-state index contributed by atoms with van der Waals surface area (Å²) in [5, 5.41) is 5.25. The van der Waals surface area contributed by atoms with Crippen LogP contribution in [0.2, 0.25) is 5.02 Å². The summed E-state index contributed by atoms with van der Waals surface area (Å²) >= 11 is 11.9. The number of fused-ring (bicyclic) bond motifs is 1. The lowest BCUT2D eigenvalue weighted by Crippen LogP contribution is -2.16. The Labute approximate surface area is 194 Å². The van der Waals surface area contributed by atoms with Crippen molar-refractivity contribution in [1.29, 1.82) is 0 Å². The van der Waals surface area contributed by atoms with Crippen LogP contribution in [0, 0.1) is 3.57 Å². The maximum atomic E-state index is 12.4. The third-order valence-electron chi connectivity index (χ3n) is 3.79. The zero-order chi connectivity index (χ0) is 21.0. The van der Waals surface area contributed by atoms with Crippen molar-refractivity contribution in [3.8, 4) is 11.5 Å². The first-order valence-electron chi connectivity index (χ1n) is 8.74. The summed E-state index contributed by atoms with van der Waals surface area (Å²) in [6, 6.07) is 8.85. The number of carbonyl (C=O) groups is 1. The van der Waals surface area contributed by atoms with Gasteiger partial charge in [0.2, 0.25) is 0 Å². The van der Waals surface area contributed by atoms with Crippen molar-refractivity contribution in [3.05, 3.63) is 54.7 Å². The van der Waals surface area contributed by atoms with Crippen LogP contribution in [-0.4, -0.2) is 25.3 Å². The first-order valence-corrected chi connectivity index (χ1v) is 11.0. The molecular weight excluding hydrogens is 574 g/mol. The fourth-order valence-electron chi connectivity index (χ4n) is 2.59. The van der Waals surface area contributed by atoms with E-state index < -0.39 is 5.91 Å². The standard InChI is InChI=1S/C20H17BrClIN2O4/c1-3-27-16-7-12(14(22)9-17(16)28-4-2)10-24-25-20(26)18-6-11-5-13(21)8-15(23)19(11)29-18/h5-10H,3-4H2,1-2H3,(H,25,26)/b24-10-. The minimum atomic E-state index is -0.462. The van der Waals surface area contributed by atoms with Gasteiger partial charge in [0.05, 0.1) is 28.0 Å². The molecule has 0 unspecified atom stereocenters. The summed E-state index contributed by atoms with van der Waals surface area (Å²) in [7, 11) is 0. The molecule has 1 N–H and O–H groups in total. The maximum Gasteiger partial charge on any atom is 0.307 e. The van der Waals surface area contributed by atoms with Gasteiger partial charge in [-0.2, -0.15) is 5.10 Å². The van der Waals surface area contributed by atoms with Crippen LogP contribution in [0.3, 0.4) is 0 Å². The van der Waals surface area contributed by atoms with Gasteiger partial charge < -0.3 is 13.9 Å². The Morgan fingerprint density at radius 3 is 2.59 bits per heavy atom. The Kier molecular flexibility index (Phi) is 7.42. The van der Waals surface area contributed by atoms with Gasteiger partial charge in [0.1, 0.15) is 5.58 Å². The van der Waals surface area contributed by atoms with Gasteiger partial charge >= 0.3 is 5.91 Å². The predicted octanol–water partition coefficient (Wildman–Crippen LogP) is 6.01. The molecule has 0 saturated carbocycles. The Hall–Kier alpha value is -1.78. The first-order chi connectivity index (χ1) is 13.9. The number of furan rings is 1. The van der Waals surface area contributed by atoms with Gasteiger partial charge in [0.15, 0.2) is 17.3 Å². The van der Waals surface area contributed by atoms with Crippen molar-refractivity contribution in [3.63, 3.8) is 0 Å². The van der Waals surface area contributed by atoms with Crippen molar-refractivity contribution in [2.45, 2.75) is 13.8 Å². The molecule has 1 amide bonds. The zero-order valence-corrected chi connectivity index (χ0v) is 20.1. The first kappa shape index (κ1) is 21.9. The average Bonchev–Trinajstić information content (AvgIpc) is 3.10. The van der Waals surface area contributed by atoms with Gasteiger partial charge in [-0.3, -0.25) is 4.79 Å². The molecule has 0 atom stereocenters. The summed E-state index contributed by atoms with van der Waals surface area (Å²) in [4.78, 5) is 12.4. The van der Waals surface area contributed by atoms with Crippen molar-refractivity contribution < 1.29 is 18.7 Å². The number of carbonyl (C=O) groups excluding carboxylic acids is 1. The molecule has 3 aromatic rings. The summed E-state index contributed by atoms with van der Waals surface area (Å²) < 4.78 is 18.6. The highest BCUT2D eigenvalue weighted by Gasteiger charge is 2.14. The molecule has 0 bridgehead atoms. The molecule has 1 heterocycles. The molecule has 3 rings (SSSR count). The number of nitrogens with one attached hydrogen (secondary N) is 1. The van der Waals surface area contributed by atoms with Gasteiger partial charge in [0, 0.05) is 21.5 Å². The fourth-order valence-corrected chi connectivity index (χ4v) is 4.45. The van der Waals surface area contributed by atoms with E-state index in [0.717, 1.165) is 13.4 Å². The second kappa shape index (κ2) is 9.82. The van der Waals surface area contributed by atoms with Gasteiger partial charge in [-0.15, -0.1) is 0 Å². The molecule has 1 aromatic heterocycles. The highest BCUT2D eigenvalue weighted by molar-refractivity contribution is 14.1. The van der Waals surface area contributed by atoms with Crippen LogP contribution >= 0.6 is 50.1 Å². The third kappa shape index (κ3) is 5.23. The Balaban J connectivity index is 1.78. The van der Waals surface area contributed by atoms with E-state index >= 15 is 0 Å². The summed E-state index contributed by atoms with van der Waals surface area (Å²) in [6.45, 7) is 4.74. The number of rotatable bonds is 7. The van der Waals surface area contributed by atoms with Crippen LogP contribution in [0.25, 0.3) is 11.0 Å². The van der Waals surface area contributed by atoms with Crippen LogP contribution < -0.4 is 14.9 Å². The summed E-state index contributed by atoms with van der Waals surface area (Å²) in [6.07, 6.45) is 1.45. The molecule has 2 aromatic carbocycles. The molecule has 9 heteroatoms. The number of nitrogens with zero attached hydrogens (tertiary/aromatic N) is 1. The van der Waals surface area contributed by atoms with E-state index in [-0.39, 0.29) is 5.76 Å². The summed E-state index contributed by atoms with van der Waals surface area (Å²) in [5.74, 6) is 0.824. The SMILES string of the molecule is CCOc1cc(Cl)c(/C=N\NC(=O)c2cc3cc(Br)cc(I)c3o2)cc1OCC. The van der Waals surface area contributed by atoms with E-state index in [1.165, 1.54) is 6.21 Å². The van der Waals surface area contributed by atoms with Crippen LogP contribution in [-0.2, 0) is 0 Å². The fraction of sp³-hybridized carbons (Fsp3) is 0.200. The molecule has 152 valence electrons. The van der Waals surface area contributed by atoms with Gasteiger partial charge in [-0.1, -0.05) is 27.5 Å². The molecule has 6 nitrogen and oxygen atoms in total. The number of hydrogen-bond donors (Lipinski definition) is 1. The monoisotopic (exact) mass is 590 g/mol. The third-order valence-corrected chi connectivity index (χ3v) is 5.38. The smallest absolute Gasteiger partial charge is 0.307 e. The Bertz CT molecular complexity index is 1080. The van der Waals surface area contributed by atoms with E-state index in [1.807, 2.05) is 26.0 Å². The number of benzene rings is 2. The lowest BCUT2D eigenvalue weighted by atomic mass is 10.2. The molecular formula is C20H17BrClIN2O4. The van der Waals surface area contributed by atoms with Gasteiger partial charge in [-0.25, -0.2) is 5.43 Å². The number of amides is 1. The van der Waals surface area contributed by atoms with E-state index in [1.54, 1.807) is 18.2 Å². The van der Waals surface area contributed by atoms with Crippen molar-refractivity contribution in [2.75, 3.05) is 13.2 Å². The molecule has 0 aliphatic carbocycles. The van der Waals surface area contributed by atoms with Crippen molar-refractivity contribution in [2.24, 2.45) is 5.10 Å². The number of hydrazone groups is 1. The second-order valence-electron chi connectivity index (χ2n) is 5.80. The highest BCUT2D eigenvalue weighted by Crippen LogP contribution is 2.33. The zero-order valence-electron chi connectivity index (χ0n) is 15.6. The van der Waals surface area contributed by atoms with E-state index in [4.69, 9.17) is 25.5 Å². The second-order valence-corrected chi connectivity index (χ2v) is 8.29. The van der Waals surface area contributed by atoms with Crippen molar-refractivity contribution in [1.82, 2.24) is 5.43 Å². The molecule has 29 heavy (non-hydrogen) atoms. The van der Waals surface area contributed by atoms with E-state index in [9.17, 15) is 4.79 Å². The minimum Gasteiger partial charge on any atom is -0.490 e. The normalized spacial score (nSPS) is 11.2.